The lowest BCUT2D eigenvalue weighted by atomic mass is 9.89. The van der Waals surface area contributed by atoms with Gasteiger partial charge in [0, 0.05) is 16.7 Å². The number of hydrogen-bond acceptors (Lipinski definition) is 5. The number of hydrogen-bond donors (Lipinski definition) is 0. The third-order valence-corrected chi connectivity index (χ3v) is 3.74. The van der Waals surface area contributed by atoms with Crippen molar-refractivity contribution in [2.45, 2.75) is 13.8 Å². The van der Waals surface area contributed by atoms with E-state index in [1.807, 2.05) is 24.3 Å². The highest BCUT2D eigenvalue weighted by molar-refractivity contribution is 6.22. The summed E-state index contributed by atoms with van der Waals surface area (Å²) < 4.78 is 16.1. The van der Waals surface area contributed by atoms with Crippen molar-refractivity contribution in [2.75, 3.05) is 13.2 Å². The van der Waals surface area contributed by atoms with Crippen LogP contribution >= 0.6 is 0 Å². The van der Waals surface area contributed by atoms with Crippen molar-refractivity contribution < 1.29 is 23.8 Å². The minimum atomic E-state index is -0.706. The fraction of sp³-hybridized carbons (Fsp3) is 0.200. The van der Waals surface area contributed by atoms with E-state index in [4.69, 9.17) is 14.2 Å². The SMILES string of the molecule is CCOC(=O)C(C(=O)OCC)=C1c2ccccc2Oc2ccccc21. The predicted octanol–water partition coefficient (Wildman–Crippen LogP) is 3.72. The molecule has 0 fully saturated rings. The third kappa shape index (κ3) is 3.13. The first-order valence-corrected chi connectivity index (χ1v) is 8.12. The second kappa shape index (κ2) is 7.21. The maximum atomic E-state index is 12.6. The molecule has 2 aromatic rings. The Hall–Kier alpha value is -3.08. The molecular weight excluding hydrogens is 320 g/mol. The van der Waals surface area contributed by atoms with Gasteiger partial charge in [0.1, 0.15) is 11.5 Å². The van der Waals surface area contributed by atoms with Gasteiger partial charge >= 0.3 is 11.9 Å². The zero-order valence-electron chi connectivity index (χ0n) is 14.1. The predicted molar refractivity (Wildman–Crippen MR) is 92.2 cm³/mol. The molecule has 2 aromatic carbocycles. The molecule has 0 unspecified atom stereocenters. The Morgan fingerprint density at radius 1 is 0.800 bits per heavy atom. The molecule has 0 bridgehead atoms. The van der Waals surface area contributed by atoms with E-state index in [1.54, 1.807) is 38.1 Å². The van der Waals surface area contributed by atoms with Gasteiger partial charge in [-0.15, -0.1) is 0 Å². The summed E-state index contributed by atoms with van der Waals surface area (Å²) in [5.41, 5.74) is 1.65. The van der Waals surface area contributed by atoms with Crippen molar-refractivity contribution in [3.05, 3.63) is 65.2 Å². The van der Waals surface area contributed by atoms with Crippen molar-refractivity contribution >= 4 is 17.5 Å². The summed E-state index contributed by atoms with van der Waals surface area (Å²) in [6, 6.07) is 14.5. The Morgan fingerprint density at radius 3 is 1.68 bits per heavy atom. The number of benzene rings is 2. The van der Waals surface area contributed by atoms with Crippen LogP contribution in [0.2, 0.25) is 0 Å². The molecule has 128 valence electrons. The first-order valence-electron chi connectivity index (χ1n) is 8.12. The molecule has 5 nitrogen and oxygen atoms in total. The fourth-order valence-electron chi connectivity index (χ4n) is 2.75. The second-order valence-corrected chi connectivity index (χ2v) is 5.29. The van der Waals surface area contributed by atoms with Crippen LogP contribution < -0.4 is 4.74 Å². The van der Waals surface area contributed by atoms with Crippen molar-refractivity contribution in [1.29, 1.82) is 0 Å². The van der Waals surface area contributed by atoms with Gasteiger partial charge in [0.05, 0.1) is 13.2 Å². The molecule has 0 spiro atoms. The summed E-state index contributed by atoms with van der Waals surface area (Å²) in [7, 11) is 0. The van der Waals surface area contributed by atoms with Crippen LogP contribution in [-0.4, -0.2) is 25.2 Å². The molecule has 25 heavy (non-hydrogen) atoms. The molecule has 1 aliphatic rings. The highest BCUT2D eigenvalue weighted by Gasteiger charge is 2.32. The Morgan fingerprint density at radius 2 is 1.24 bits per heavy atom. The van der Waals surface area contributed by atoms with Gasteiger partial charge in [0.2, 0.25) is 0 Å². The summed E-state index contributed by atoms with van der Waals surface area (Å²) in [6.07, 6.45) is 0. The Labute approximate surface area is 145 Å². The molecule has 5 heteroatoms. The maximum Gasteiger partial charge on any atom is 0.346 e. The molecule has 1 aliphatic heterocycles. The summed E-state index contributed by atoms with van der Waals surface area (Å²) in [4.78, 5) is 25.1. The first kappa shape index (κ1) is 16.8. The maximum absolute atomic E-state index is 12.6. The number of ether oxygens (including phenoxy) is 3. The average Bonchev–Trinajstić information content (AvgIpc) is 2.62. The summed E-state index contributed by atoms with van der Waals surface area (Å²) in [5, 5.41) is 0. The number of carbonyl (C=O) groups excluding carboxylic acids is 2. The smallest absolute Gasteiger partial charge is 0.346 e. The number of rotatable bonds is 4. The van der Waals surface area contributed by atoms with Gasteiger partial charge in [-0.1, -0.05) is 36.4 Å². The summed E-state index contributed by atoms with van der Waals surface area (Å²) in [5.74, 6) is -0.269. The van der Waals surface area contributed by atoms with Crippen LogP contribution in [0, 0.1) is 0 Å². The highest BCUT2D eigenvalue weighted by atomic mass is 16.6. The lowest BCUT2D eigenvalue weighted by molar-refractivity contribution is -0.146. The molecular formula is C20H18O5. The van der Waals surface area contributed by atoms with Crippen LogP contribution in [0.25, 0.3) is 5.57 Å². The molecule has 0 N–H and O–H groups in total. The monoisotopic (exact) mass is 338 g/mol. The zero-order valence-corrected chi connectivity index (χ0v) is 14.1. The molecule has 1 heterocycles. The number of para-hydroxylation sites is 2. The van der Waals surface area contributed by atoms with Crippen molar-refractivity contribution in [1.82, 2.24) is 0 Å². The topological polar surface area (TPSA) is 61.8 Å². The van der Waals surface area contributed by atoms with Gasteiger partial charge in [0.25, 0.3) is 0 Å². The lowest BCUT2D eigenvalue weighted by Gasteiger charge is -2.24. The third-order valence-electron chi connectivity index (χ3n) is 3.74. The van der Waals surface area contributed by atoms with E-state index >= 15 is 0 Å². The normalized spacial score (nSPS) is 11.7. The quantitative estimate of drug-likeness (QED) is 0.314. The molecule has 3 rings (SSSR count). The van der Waals surface area contributed by atoms with Gasteiger partial charge in [-0.3, -0.25) is 0 Å². The van der Waals surface area contributed by atoms with Crippen LogP contribution in [0.4, 0.5) is 0 Å². The molecule has 0 amide bonds. The molecule has 0 radical (unpaired) electrons. The van der Waals surface area contributed by atoms with E-state index in [0.717, 1.165) is 0 Å². The van der Waals surface area contributed by atoms with Gasteiger partial charge in [0.15, 0.2) is 5.57 Å². The van der Waals surface area contributed by atoms with Gasteiger partial charge in [-0.25, -0.2) is 9.59 Å². The number of fused-ring (bicyclic) bond motifs is 2. The van der Waals surface area contributed by atoms with Crippen LogP contribution in [0.5, 0.6) is 11.5 Å². The Bertz CT molecular complexity index is 783. The summed E-state index contributed by atoms with van der Waals surface area (Å²) >= 11 is 0. The average molecular weight is 338 g/mol. The Balaban J connectivity index is 2.31. The van der Waals surface area contributed by atoms with Crippen molar-refractivity contribution in [3.63, 3.8) is 0 Å². The highest BCUT2D eigenvalue weighted by Crippen LogP contribution is 2.45. The van der Waals surface area contributed by atoms with E-state index in [-0.39, 0.29) is 18.8 Å². The zero-order chi connectivity index (χ0) is 17.8. The molecule has 0 aliphatic carbocycles. The fourth-order valence-corrected chi connectivity index (χ4v) is 2.75. The van der Waals surface area contributed by atoms with Crippen LogP contribution in [0.1, 0.15) is 25.0 Å². The van der Waals surface area contributed by atoms with Crippen LogP contribution in [0.15, 0.2) is 54.1 Å². The van der Waals surface area contributed by atoms with Crippen LogP contribution in [0.3, 0.4) is 0 Å². The molecule has 0 aromatic heterocycles. The minimum Gasteiger partial charge on any atom is -0.462 e. The van der Waals surface area contributed by atoms with Crippen LogP contribution in [-0.2, 0) is 19.1 Å². The van der Waals surface area contributed by atoms with E-state index in [1.165, 1.54) is 0 Å². The molecule has 0 atom stereocenters. The van der Waals surface area contributed by atoms with Crippen molar-refractivity contribution in [3.8, 4) is 11.5 Å². The number of carbonyl (C=O) groups is 2. The van der Waals surface area contributed by atoms with Gasteiger partial charge in [-0.05, 0) is 26.0 Å². The van der Waals surface area contributed by atoms with E-state index in [2.05, 4.69) is 0 Å². The first-order chi connectivity index (χ1) is 12.2. The minimum absolute atomic E-state index is 0.119. The number of esters is 2. The summed E-state index contributed by atoms with van der Waals surface area (Å²) in [6.45, 7) is 3.71. The van der Waals surface area contributed by atoms with E-state index in [0.29, 0.717) is 28.2 Å². The van der Waals surface area contributed by atoms with Gasteiger partial charge in [-0.2, -0.15) is 0 Å². The van der Waals surface area contributed by atoms with E-state index in [9.17, 15) is 9.59 Å². The van der Waals surface area contributed by atoms with Crippen molar-refractivity contribution in [2.24, 2.45) is 0 Å². The lowest BCUT2D eigenvalue weighted by Crippen LogP contribution is -2.21. The van der Waals surface area contributed by atoms with Gasteiger partial charge < -0.3 is 14.2 Å². The second-order valence-electron chi connectivity index (χ2n) is 5.29. The Kier molecular flexibility index (Phi) is 4.84. The molecule has 0 saturated heterocycles. The van der Waals surface area contributed by atoms with E-state index < -0.39 is 11.9 Å². The molecule has 0 saturated carbocycles. The standard InChI is InChI=1S/C20H18O5/c1-3-23-19(21)18(20(22)24-4-2)17-13-9-5-7-11-15(13)25-16-12-8-6-10-14(16)17/h5-12H,3-4H2,1-2H3. The largest absolute Gasteiger partial charge is 0.462 e.